The lowest BCUT2D eigenvalue weighted by Gasteiger charge is -2.12. The fraction of sp³-hybridized carbons (Fsp3) is 0.308. The standard InChI is InChI=1S/C13H14O2/c14-12-7-3-1-5-10(12)9-11-6-2-4-8-13(11)15/h1,3,5,7,9,14H,2,4,6,8H2/b11-9-. The van der Waals surface area contributed by atoms with Crippen LogP contribution >= 0.6 is 0 Å². The van der Waals surface area contributed by atoms with Gasteiger partial charge in [0.05, 0.1) is 0 Å². The quantitative estimate of drug-likeness (QED) is 0.711. The zero-order valence-electron chi connectivity index (χ0n) is 8.57. The van der Waals surface area contributed by atoms with Crippen molar-refractivity contribution in [3.63, 3.8) is 0 Å². The molecule has 2 nitrogen and oxygen atoms in total. The van der Waals surface area contributed by atoms with E-state index in [1.807, 2.05) is 18.2 Å². The first-order chi connectivity index (χ1) is 7.27. The Morgan fingerprint density at radius 2 is 1.87 bits per heavy atom. The summed E-state index contributed by atoms with van der Waals surface area (Å²) in [6.07, 6.45) is 5.38. The molecule has 78 valence electrons. The van der Waals surface area contributed by atoms with Gasteiger partial charge in [-0.05, 0) is 37.0 Å². The molecule has 1 aliphatic carbocycles. The summed E-state index contributed by atoms with van der Waals surface area (Å²) in [5.74, 6) is 0.466. The van der Waals surface area contributed by atoms with E-state index in [1.54, 1.807) is 12.1 Å². The van der Waals surface area contributed by atoms with Crippen LogP contribution in [0.3, 0.4) is 0 Å². The van der Waals surface area contributed by atoms with Crippen LogP contribution in [0.1, 0.15) is 31.2 Å². The van der Waals surface area contributed by atoms with E-state index in [2.05, 4.69) is 0 Å². The molecule has 0 bridgehead atoms. The number of hydrogen-bond donors (Lipinski definition) is 1. The average Bonchev–Trinajstić information content (AvgIpc) is 2.24. The zero-order valence-corrected chi connectivity index (χ0v) is 8.57. The molecule has 0 saturated heterocycles. The van der Waals surface area contributed by atoms with Crippen LogP contribution in [-0.2, 0) is 4.79 Å². The van der Waals surface area contributed by atoms with E-state index in [-0.39, 0.29) is 11.5 Å². The molecule has 2 heteroatoms. The van der Waals surface area contributed by atoms with Crippen LogP contribution in [0.25, 0.3) is 6.08 Å². The zero-order chi connectivity index (χ0) is 10.7. The number of hydrogen-bond acceptors (Lipinski definition) is 2. The number of aromatic hydroxyl groups is 1. The molecule has 1 N–H and O–H groups in total. The van der Waals surface area contributed by atoms with Gasteiger partial charge in [0.1, 0.15) is 5.75 Å². The highest BCUT2D eigenvalue weighted by Gasteiger charge is 2.14. The number of ketones is 1. The number of phenolic OH excluding ortho intramolecular Hbond substituents is 1. The molecule has 15 heavy (non-hydrogen) atoms. The maximum absolute atomic E-state index is 11.6. The maximum atomic E-state index is 11.6. The SMILES string of the molecule is O=C1CCCC/C1=C/c1ccccc1O. The Kier molecular flexibility index (Phi) is 2.86. The molecule has 0 amide bonds. The van der Waals surface area contributed by atoms with Crippen molar-refractivity contribution < 1.29 is 9.90 Å². The summed E-state index contributed by atoms with van der Waals surface area (Å²) < 4.78 is 0. The third-order valence-electron chi connectivity index (χ3n) is 2.72. The van der Waals surface area contributed by atoms with Gasteiger partial charge in [0.2, 0.25) is 0 Å². The van der Waals surface area contributed by atoms with Gasteiger partial charge in [-0.3, -0.25) is 4.79 Å². The second-order valence-corrected chi connectivity index (χ2v) is 3.86. The lowest BCUT2D eigenvalue weighted by Crippen LogP contribution is -2.07. The molecule has 1 aromatic rings. The summed E-state index contributed by atoms with van der Waals surface area (Å²) in [7, 11) is 0. The van der Waals surface area contributed by atoms with Crippen molar-refractivity contribution in [1.82, 2.24) is 0 Å². The summed E-state index contributed by atoms with van der Waals surface area (Å²) in [6.45, 7) is 0. The number of carbonyl (C=O) groups is 1. The Hall–Kier alpha value is -1.57. The Balaban J connectivity index is 2.29. The fourth-order valence-corrected chi connectivity index (χ4v) is 1.85. The number of carbonyl (C=O) groups excluding carboxylic acids is 1. The lowest BCUT2D eigenvalue weighted by atomic mass is 9.92. The monoisotopic (exact) mass is 202 g/mol. The maximum Gasteiger partial charge on any atom is 0.158 e. The van der Waals surface area contributed by atoms with E-state index < -0.39 is 0 Å². The molecule has 1 fully saturated rings. The van der Waals surface area contributed by atoms with Crippen LogP contribution in [0.5, 0.6) is 5.75 Å². The number of allylic oxidation sites excluding steroid dienone is 1. The molecule has 0 spiro atoms. The van der Waals surface area contributed by atoms with Crippen LogP contribution in [0.2, 0.25) is 0 Å². The van der Waals surface area contributed by atoms with E-state index in [1.165, 1.54) is 0 Å². The van der Waals surface area contributed by atoms with E-state index in [0.29, 0.717) is 6.42 Å². The van der Waals surface area contributed by atoms with E-state index in [9.17, 15) is 9.90 Å². The minimum atomic E-state index is 0.226. The van der Waals surface area contributed by atoms with Gasteiger partial charge in [0, 0.05) is 12.0 Å². The summed E-state index contributed by atoms with van der Waals surface area (Å²) in [6, 6.07) is 7.10. The molecule has 1 saturated carbocycles. The number of phenols is 1. The first-order valence-corrected chi connectivity index (χ1v) is 5.29. The van der Waals surface area contributed by atoms with Crippen LogP contribution in [-0.4, -0.2) is 10.9 Å². The van der Waals surface area contributed by atoms with Crippen LogP contribution in [0.15, 0.2) is 29.8 Å². The van der Waals surface area contributed by atoms with Gasteiger partial charge < -0.3 is 5.11 Å². The number of para-hydroxylation sites is 1. The molecular formula is C13H14O2. The molecule has 0 radical (unpaired) electrons. The smallest absolute Gasteiger partial charge is 0.158 e. The molecule has 0 aromatic heterocycles. The fourth-order valence-electron chi connectivity index (χ4n) is 1.85. The highest BCUT2D eigenvalue weighted by molar-refractivity contribution is 6.00. The average molecular weight is 202 g/mol. The molecule has 1 aromatic carbocycles. The van der Waals surface area contributed by atoms with E-state index >= 15 is 0 Å². The number of Topliss-reactive ketones (excluding diaryl/α,β-unsaturated/α-hetero) is 1. The van der Waals surface area contributed by atoms with Crippen molar-refractivity contribution in [2.24, 2.45) is 0 Å². The van der Waals surface area contributed by atoms with Gasteiger partial charge in [-0.2, -0.15) is 0 Å². The van der Waals surface area contributed by atoms with Crippen molar-refractivity contribution in [1.29, 1.82) is 0 Å². The van der Waals surface area contributed by atoms with Crippen LogP contribution in [0.4, 0.5) is 0 Å². The van der Waals surface area contributed by atoms with Crippen molar-refractivity contribution in [3.8, 4) is 5.75 Å². The van der Waals surface area contributed by atoms with Crippen LogP contribution in [0, 0.1) is 0 Å². The third-order valence-corrected chi connectivity index (χ3v) is 2.72. The van der Waals surface area contributed by atoms with Gasteiger partial charge in [0.25, 0.3) is 0 Å². The molecule has 0 heterocycles. The van der Waals surface area contributed by atoms with Crippen molar-refractivity contribution in [2.75, 3.05) is 0 Å². The number of benzene rings is 1. The summed E-state index contributed by atoms with van der Waals surface area (Å²) in [4.78, 5) is 11.6. The van der Waals surface area contributed by atoms with Crippen molar-refractivity contribution in [3.05, 3.63) is 35.4 Å². The molecule has 0 unspecified atom stereocenters. The Morgan fingerprint density at radius 3 is 2.60 bits per heavy atom. The second-order valence-electron chi connectivity index (χ2n) is 3.86. The Labute approximate surface area is 89.2 Å². The van der Waals surface area contributed by atoms with E-state index in [4.69, 9.17) is 0 Å². The number of rotatable bonds is 1. The molecular weight excluding hydrogens is 188 g/mol. The highest BCUT2D eigenvalue weighted by atomic mass is 16.3. The predicted molar refractivity (Wildman–Crippen MR) is 59.6 cm³/mol. The van der Waals surface area contributed by atoms with Gasteiger partial charge in [-0.15, -0.1) is 0 Å². The topological polar surface area (TPSA) is 37.3 Å². The molecule has 0 aliphatic heterocycles. The first-order valence-electron chi connectivity index (χ1n) is 5.29. The van der Waals surface area contributed by atoms with Crippen molar-refractivity contribution >= 4 is 11.9 Å². The largest absolute Gasteiger partial charge is 0.507 e. The third kappa shape index (κ3) is 2.27. The highest BCUT2D eigenvalue weighted by Crippen LogP contribution is 2.25. The normalized spacial score (nSPS) is 19.5. The summed E-state index contributed by atoms with van der Waals surface area (Å²) in [5, 5.41) is 9.57. The summed E-state index contributed by atoms with van der Waals surface area (Å²) >= 11 is 0. The van der Waals surface area contributed by atoms with Crippen molar-refractivity contribution in [2.45, 2.75) is 25.7 Å². The lowest BCUT2D eigenvalue weighted by molar-refractivity contribution is -0.116. The van der Waals surface area contributed by atoms with Gasteiger partial charge in [-0.1, -0.05) is 18.2 Å². The van der Waals surface area contributed by atoms with Gasteiger partial charge >= 0.3 is 0 Å². The second kappa shape index (κ2) is 4.30. The minimum absolute atomic E-state index is 0.226. The summed E-state index contributed by atoms with van der Waals surface area (Å²) in [5.41, 5.74) is 1.59. The van der Waals surface area contributed by atoms with E-state index in [0.717, 1.165) is 30.4 Å². The Bertz CT molecular complexity index is 405. The van der Waals surface area contributed by atoms with Gasteiger partial charge in [-0.25, -0.2) is 0 Å². The van der Waals surface area contributed by atoms with Gasteiger partial charge in [0.15, 0.2) is 5.78 Å². The molecule has 2 rings (SSSR count). The predicted octanol–water partition coefficient (Wildman–Crippen LogP) is 2.92. The first kappa shape index (κ1) is 9.97. The molecule has 0 atom stereocenters. The minimum Gasteiger partial charge on any atom is -0.507 e. The Morgan fingerprint density at radius 1 is 1.13 bits per heavy atom. The van der Waals surface area contributed by atoms with Crippen LogP contribution < -0.4 is 0 Å². The molecule has 1 aliphatic rings.